The second-order valence-corrected chi connectivity index (χ2v) is 8.80. The highest BCUT2D eigenvalue weighted by atomic mass is 32.2. The van der Waals surface area contributed by atoms with Gasteiger partial charge in [-0.2, -0.15) is 0 Å². The first kappa shape index (κ1) is 20.5. The zero-order valence-corrected chi connectivity index (χ0v) is 17.0. The van der Waals surface area contributed by atoms with Crippen molar-refractivity contribution in [1.82, 2.24) is 4.31 Å². The van der Waals surface area contributed by atoms with Crippen LogP contribution >= 0.6 is 0 Å². The van der Waals surface area contributed by atoms with Crippen molar-refractivity contribution in [3.8, 4) is 0 Å². The van der Waals surface area contributed by atoms with E-state index in [1.54, 1.807) is 24.3 Å². The number of sulfonamides is 1. The molecule has 0 spiro atoms. The topological polar surface area (TPSA) is 101 Å². The minimum atomic E-state index is -4.27. The average molecular weight is 441 g/mol. The Morgan fingerprint density at radius 3 is 2.45 bits per heavy atom. The lowest BCUT2D eigenvalue weighted by Crippen LogP contribution is -2.36. The molecule has 0 aromatic heterocycles. The molecule has 7 nitrogen and oxygen atoms in total. The van der Waals surface area contributed by atoms with E-state index in [1.807, 2.05) is 18.2 Å². The minimum absolute atomic E-state index is 0.0788. The number of halogens is 1. The number of Topliss-reactive ketones (excluding diaryl/α,β-unsaturated/α-hetero) is 1. The van der Waals surface area contributed by atoms with E-state index in [-0.39, 0.29) is 22.6 Å². The van der Waals surface area contributed by atoms with Gasteiger partial charge in [-0.1, -0.05) is 36.4 Å². The molecule has 0 bridgehead atoms. The number of allylic oxidation sites excluding steroid dienone is 1. The van der Waals surface area contributed by atoms with Gasteiger partial charge >= 0.3 is 5.97 Å². The van der Waals surface area contributed by atoms with Crippen molar-refractivity contribution in [2.75, 3.05) is 13.7 Å². The van der Waals surface area contributed by atoms with Gasteiger partial charge in [0.2, 0.25) is 5.78 Å². The molecule has 3 aromatic rings. The standard InChI is InChI=1S/C22H16FNO6S/c1-24-20(21(27)15-7-6-13-4-2-3-5-14(13)10-15)22(30-12-19(25)26)17-9-8-16(23)11-18(17)31(24,28)29/h2-11H,12H2,1H3,(H,25,26). The highest BCUT2D eigenvalue weighted by molar-refractivity contribution is 7.89. The number of aliphatic carboxylic acids is 1. The first-order chi connectivity index (χ1) is 14.7. The molecule has 1 heterocycles. The fourth-order valence-electron chi connectivity index (χ4n) is 3.43. The van der Waals surface area contributed by atoms with E-state index in [2.05, 4.69) is 0 Å². The molecular formula is C22H16FNO6S. The highest BCUT2D eigenvalue weighted by Gasteiger charge is 2.39. The van der Waals surface area contributed by atoms with E-state index in [0.717, 1.165) is 36.0 Å². The summed E-state index contributed by atoms with van der Waals surface area (Å²) in [6.07, 6.45) is 0. The van der Waals surface area contributed by atoms with Gasteiger partial charge in [0.05, 0.1) is 0 Å². The van der Waals surface area contributed by atoms with Crippen LogP contribution < -0.4 is 0 Å². The third-order valence-corrected chi connectivity index (χ3v) is 6.72. The van der Waals surface area contributed by atoms with E-state index in [1.165, 1.54) is 0 Å². The number of ketones is 1. The lowest BCUT2D eigenvalue weighted by Gasteiger charge is -2.30. The maximum Gasteiger partial charge on any atom is 0.341 e. The second-order valence-electron chi connectivity index (χ2n) is 6.86. The lowest BCUT2D eigenvalue weighted by atomic mass is 10.0. The van der Waals surface area contributed by atoms with Crippen molar-refractivity contribution in [3.63, 3.8) is 0 Å². The number of hydrogen-bond donors (Lipinski definition) is 1. The summed E-state index contributed by atoms with van der Waals surface area (Å²) >= 11 is 0. The SMILES string of the molecule is CN1C(C(=O)c2ccc3ccccc3c2)=C(OCC(=O)O)c2ccc(F)cc2S1(=O)=O. The zero-order valence-electron chi connectivity index (χ0n) is 16.2. The Hall–Kier alpha value is -3.72. The summed E-state index contributed by atoms with van der Waals surface area (Å²) in [6, 6.07) is 15.2. The maximum atomic E-state index is 13.8. The van der Waals surface area contributed by atoms with E-state index in [4.69, 9.17) is 9.84 Å². The van der Waals surface area contributed by atoms with Crippen molar-refractivity contribution < 1.29 is 32.2 Å². The quantitative estimate of drug-likeness (QED) is 0.610. The number of hydrogen-bond acceptors (Lipinski definition) is 5. The molecule has 0 atom stereocenters. The summed E-state index contributed by atoms with van der Waals surface area (Å²) < 4.78 is 45.8. The smallest absolute Gasteiger partial charge is 0.341 e. The van der Waals surface area contributed by atoms with Crippen LogP contribution in [0.5, 0.6) is 0 Å². The van der Waals surface area contributed by atoms with Crippen LogP contribution in [0.15, 0.2) is 71.3 Å². The van der Waals surface area contributed by atoms with Crippen molar-refractivity contribution in [2.45, 2.75) is 4.90 Å². The number of carboxylic acids is 1. The molecule has 0 amide bonds. The number of nitrogens with zero attached hydrogens (tertiary/aromatic N) is 1. The predicted octanol–water partition coefficient (Wildman–Crippen LogP) is 3.27. The molecule has 0 unspecified atom stereocenters. The Labute approximate surface area is 177 Å². The normalized spacial score (nSPS) is 15.0. The monoisotopic (exact) mass is 441 g/mol. The van der Waals surface area contributed by atoms with Crippen LogP contribution in [0.1, 0.15) is 15.9 Å². The van der Waals surface area contributed by atoms with Gasteiger partial charge in [-0.15, -0.1) is 0 Å². The minimum Gasteiger partial charge on any atom is -0.479 e. The summed E-state index contributed by atoms with van der Waals surface area (Å²) in [7, 11) is -3.13. The van der Waals surface area contributed by atoms with E-state index in [0.29, 0.717) is 4.31 Å². The molecule has 0 fully saturated rings. The van der Waals surface area contributed by atoms with Gasteiger partial charge in [-0.05, 0) is 35.0 Å². The van der Waals surface area contributed by atoms with Gasteiger partial charge in [-0.3, -0.25) is 9.10 Å². The summed E-state index contributed by atoms with van der Waals surface area (Å²) in [6.45, 7) is -0.811. The molecule has 0 saturated heterocycles. The Balaban J connectivity index is 1.95. The molecule has 0 radical (unpaired) electrons. The van der Waals surface area contributed by atoms with E-state index >= 15 is 0 Å². The number of ether oxygens (including phenoxy) is 1. The van der Waals surface area contributed by atoms with Gasteiger partial charge in [0.15, 0.2) is 12.4 Å². The third-order valence-electron chi connectivity index (χ3n) is 4.92. The molecule has 1 aliphatic heterocycles. The molecular weight excluding hydrogens is 425 g/mol. The lowest BCUT2D eigenvalue weighted by molar-refractivity contribution is -0.140. The van der Waals surface area contributed by atoms with Crippen LogP contribution in [0.4, 0.5) is 4.39 Å². The summed E-state index contributed by atoms with van der Waals surface area (Å²) in [5, 5.41) is 10.7. The van der Waals surface area contributed by atoms with Gasteiger partial charge < -0.3 is 9.84 Å². The van der Waals surface area contributed by atoms with Crippen LogP contribution in [0.3, 0.4) is 0 Å². The molecule has 3 aromatic carbocycles. The average Bonchev–Trinajstić information content (AvgIpc) is 2.74. The van der Waals surface area contributed by atoms with Gasteiger partial charge in [0.1, 0.15) is 16.4 Å². The number of carboxylic acid groups (broad SMARTS) is 1. The fraction of sp³-hybridized carbons (Fsp3) is 0.0909. The zero-order chi connectivity index (χ0) is 22.3. The van der Waals surface area contributed by atoms with Crippen LogP contribution in [0, 0.1) is 5.82 Å². The maximum absolute atomic E-state index is 13.8. The molecule has 158 valence electrons. The number of rotatable bonds is 5. The van der Waals surface area contributed by atoms with Gasteiger partial charge in [0, 0.05) is 18.2 Å². The van der Waals surface area contributed by atoms with Crippen molar-refractivity contribution in [2.24, 2.45) is 0 Å². The van der Waals surface area contributed by atoms with Gasteiger partial charge in [-0.25, -0.2) is 17.6 Å². The predicted molar refractivity (Wildman–Crippen MR) is 110 cm³/mol. The molecule has 0 saturated carbocycles. The molecule has 1 N–H and O–H groups in total. The third kappa shape index (κ3) is 3.53. The largest absolute Gasteiger partial charge is 0.479 e. The van der Waals surface area contributed by atoms with Crippen molar-refractivity contribution in [3.05, 3.63) is 83.3 Å². The second kappa shape index (κ2) is 7.51. The fourth-order valence-corrected chi connectivity index (χ4v) is 4.83. The Kier molecular flexibility index (Phi) is 4.98. The molecule has 0 aliphatic carbocycles. The number of benzene rings is 3. The highest BCUT2D eigenvalue weighted by Crippen LogP contribution is 2.38. The van der Waals surface area contributed by atoms with Crippen molar-refractivity contribution >= 4 is 38.3 Å². The van der Waals surface area contributed by atoms with Gasteiger partial charge in [0.25, 0.3) is 10.0 Å². The molecule has 4 rings (SSSR count). The summed E-state index contributed by atoms with van der Waals surface area (Å²) in [5.74, 6) is -3.03. The number of fused-ring (bicyclic) bond motifs is 2. The molecule has 1 aliphatic rings. The van der Waals surface area contributed by atoms with E-state index < -0.39 is 39.1 Å². The first-order valence-corrected chi connectivity index (χ1v) is 10.6. The van der Waals surface area contributed by atoms with Crippen LogP contribution in [-0.4, -0.2) is 43.2 Å². The number of carbonyl (C=O) groups excluding carboxylic acids is 1. The van der Waals surface area contributed by atoms with Crippen LogP contribution in [0.25, 0.3) is 16.5 Å². The Bertz CT molecular complexity index is 1380. The number of carbonyl (C=O) groups is 2. The van der Waals surface area contributed by atoms with E-state index in [9.17, 15) is 22.4 Å². The summed E-state index contributed by atoms with van der Waals surface area (Å²) in [4.78, 5) is 24.1. The first-order valence-electron chi connectivity index (χ1n) is 9.11. The van der Waals surface area contributed by atoms with Crippen molar-refractivity contribution in [1.29, 1.82) is 0 Å². The van der Waals surface area contributed by atoms with Crippen LogP contribution in [0.2, 0.25) is 0 Å². The summed E-state index contributed by atoms with van der Waals surface area (Å²) in [5.41, 5.74) is -0.238. The van der Waals surface area contributed by atoms with Crippen LogP contribution in [-0.2, 0) is 19.6 Å². The number of likely N-dealkylation sites (N-methyl/N-ethyl adjacent to an activating group) is 1. The Morgan fingerprint density at radius 2 is 1.74 bits per heavy atom. The Morgan fingerprint density at radius 1 is 1.03 bits per heavy atom. The molecule has 9 heteroatoms. The molecule has 31 heavy (non-hydrogen) atoms.